The summed E-state index contributed by atoms with van der Waals surface area (Å²) in [5, 5.41) is 7.20. The highest BCUT2D eigenvalue weighted by molar-refractivity contribution is 7.95. The zero-order valence-corrected chi connectivity index (χ0v) is 6.73. The zero-order valence-electron chi connectivity index (χ0n) is 5.92. The van der Waals surface area contributed by atoms with Gasteiger partial charge in [0, 0.05) is 7.11 Å². The molecule has 1 aliphatic heterocycles. The van der Waals surface area contributed by atoms with Gasteiger partial charge in [-0.3, -0.25) is 5.41 Å². The van der Waals surface area contributed by atoms with Crippen LogP contribution in [0.25, 0.3) is 0 Å². The second kappa shape index (κ2) is 2.40. The molecule has 1 fully saturated rings. The lowest BCUT2D eigenvalue weighted by Crippen LogP contribution is -2.30. The first kappa shape index (κ1) is 8.38. The second-order valence-corrected chi connectivity index (χ2v) is 3.81. The molecule has 0 radical (unpaired) electrons. The van der Waals surface area contributed by atoms with Gasteiger partial charge in [-0.25, -0.2) is 8.42 Å². The molecular formula is C5H8N2O3S. The molecule has 1 aliphatic rings. The molecule has 0 aromatic rings. The van der Waals surface area contributed by atoms with Gasteiger partial charge in [0.2, 0.25) is 10.0 Å². The highest BCUT2D eigenvalue weighted by Gasteiger charge is 2.36. The summed E-state index contributed by atoms with van der Waals surface area (Å²) >= 11 is 0. The van der Waals surface area contributed by atoms with Gasteiger partial charge in [-0.1, -0.05) is 6.58 Å². The van der Waals surface area contributed by atoms with E-state index in [1.807, 2.05) is 0 Å². The van der Waals surface area contributed by atoms with Crippen molar-refractivity contribution < 1.29 is 13.2 Å². The van der Waals surface area contributed by atoms with Crippen LogP contribution in [0.3, 0.4) is 0 Å². The van der Waals surface area contributed by atoms with Crippen molar-refractivity contribution in [3.63, 3.8) is 0 Å². The first-order valence-electron chi connectivity index (χ1n) is 2.82. The third-order valence-electron chi connectivity index (χ3n) is 1.38. The van der Waals surface area contributed by atoms with E-state index < -0.39 is 16.3 Å². The van der Waals surface area contributed by atoms with Crippen LogP contribution in [0.1, 0.15) is 0 Å². The van der Waals surface area contributed by atoms with Crippen molar-refractivity contribution in [2.75, 3.05) is 7.11 Å². The predicted molar refractivity (Wildman–Crippen MR) is 39.7 cm³/mol. The van der Waals surface area contributed by atoms with Crippen LogP contribution in [-0.2, 0) is 14.8 Å². The molecule has 2 N–H and O–H groups in total. The van der Waals surface area contributed by atoms with Gasteiger partial charge in [0.1, 0.15) is 0 Å². The summed E-state index contributed by atoms with van der Waals surface area (Å²) in [4.78, 5) is -0.218. The van der Waals surface area contributed by atoms with Gasteiger partial charge in [-0.15, -0.1) is 0 Å². The molecule has 1 atom stereocenters. The van der Waals surface area contributed by atoms with Crippen LogP contribution < -0.4 is 4.72 Å². The summed E-state index contributed by atoms with van der Waals surface area (Å²) in [5.41, 5.74) is -0.132. The van der Waals surface area contributed by atoms with Crippen molar-refractivity contribution in [3.05, 3.63) is 11.5 Å². The van der Waals surface area contributed by atoms with Crippen LogP contribution in [0.2, 0.25) is 0 Å². The van der Waals surface area contributed by atoms with Gasteiger partial charge in [-0.2, -0.15) is 4.72 Å². The molecule has 6 heteroatoms. The van der Waals surface area contributed by atoms with Crippen molar-refractivity contribution in [1.82, 2.24) is 4.72 Å². The fourth-order valence-corrected chi connectivity index (χ4v) is 1.76. The molecule has 0 aromatic carbocycles. The number of sulfonamides is 1. The van der Waals surface area contributed by atoms with E-state index in [1.54, 1.807) is 0 Å². The third kappa shape index (κ3) is 1.20. The summed E-state index contributed by atoms with van der Waals surface area (Å²) in [6.45, 7) is 3.23. The molecule has 0 bridgehead atoms. The minimum atomic E-state index is -3.53. The SMILES string of the molecule is C=C1C(=N)C(OC)NS1(=O)=O. The lowest BCUT2D eigenvalue weighted by molar-refractivity contribution is 0.150. The fraction of sp³-hybridized carbons (Fsp3) is 0.400. The minimum absolute atomic E-state index is 0.132. The maximum Gasteiger partial charge on any atom is 0.244 e. The van der Waals surface area contributed by atoms with Crippen molar-refractivity contribution in [2.45, 2.75) is 6.23 Å². The van der Waals surface area contributed by atoms with Gasteiger partial charge in [-0.05, 0) is 0 Å². The molecule has 5 nitrogen and oxygen atoms in total. The fourth-order valence-electron chi connectivity index (χ4n) is 0.728. The van der Waals surface area contributed by atoms with E-state index in [1.165, 1.54) is 7.11 Å². The highest BCUT2D eigenvalue weighted by Crippen LogP contribution is 2.15. The highest BCUT2D eigenvalue weighted by atomic mass is 32.2. The van der Waals surface area contributed by atoms with Gasteiger partial charge in [0.15, 0.2) is 6.23 Å². The lowest BCUT2D eigenvalue weighted by Gasteiger charge is -2.03. The van der Waals surface area contributed by atoms with E-state index in [9.17, 15) is 8.42 Å². The molecule has 1 unspecified atom stereocenters. The van der Waals surface area contributed by atoms with E-state index in [0.29, 0.717) is 0 Å². The maximum atomic E-state index is 10.9. The minimum Gasteiger partial charge on any atom is -0.360 e. The van der Waals surface area contributed by atoms with Gasteiger partial charge < -0.3 is 4.74 Å². The molecule has 0 amide bonds. The van der Waals surface area contributed by atoms with Crippen molar-refractivity contribution in [3.8, 4) is 0 Å². The number of hydrogen-bond donors (Lipinski definition) is 2. The maximum absolute atomic E-state index is 10.9. The molecule has 1 saturated heterocycles. The Hall–Kier alpha value is -0.720. The van der Waals surface area contributed by atoms with Gasteiger partial charge in [0.25, 0.3) is 0 Å². The average Bonchev–Trinajstić information content (AvgIpc) is 2.13. The summed E-state index contributed by atoms with van der Waals surface area (Å²) < 4.78 is 28.6. The molecular weight excluding hydrogens is 168 g/mol. The molecule has 1 heterocycles. The van der Waals surface area contributed by atoms with Crippen LogP contribution in [0.5, 0.6) is 0 Å². The predicted octanol–water partition coefficient (Wildman–Crippen LogP) is -0.575. The molecule has 0 spiro atoms. The number of nitrogens with one attached hydrogen (secondary N) is 2. The van der Waals surface area contributed by atoms with Gasteiger partial charge >= 0.3 is 0 Å². The standard InChI is InChI=1S/C5H8N2O3S/c1-3-4(6)5(10-2)7-11(3,8)9/h5-7H,1H2,2H3. The first-order chi connectivity index (χ1) is 4.99. The third-order valence-corrected chi connectivity index (χ3v) is 2.78. The van der Waals surface area contributed by atoms with Gasteiger partial charge in [0.05, 0.1) is 10.6 Å². The van der Waals surface area contributed by atoms with E-state index in [-0.39, 0.29) is 10.6 Å². The van der Waals surface area contributed by atoms with E-state index >= 15 is 0 Å². The monoisotopic (exact) mass is 176 g/mol. The summed E-state index contributed by atoms with van der Waals surface area (Å²) in [5.74, 6) is 0. The molecule has 11 heavy (non-hydrogen) atoms. The normalized spacial score (nSPS) is 29.4. The molecule has 0 aliphatic carbocycles. The quantitative estimate of drug-likeness (QED) is 0.561. The van der Waals surface area contributed by atoms with E-state index in [0.717, 1.165) is 0 Å². The Morgan fingerprint density at radius 3 is 2.45 bits per heavy atom. The van der Waals surface area contributed by atoms with Crippen LogP contribution >= 0.6 is 0 Å². The Bertz CT molecular complexity index is 306. The molecule has 0 aromatic heterocycles. The summed E-state index contributed by atoms with van der Waals surface area (Å²) in [7, 11) is -2.21. The smallest absolute Gasteiger partial charge is 0.244 e. The van der Waals surface area contributed by atoms with E-state index in [4.69, 9.17) is 5.41 Å². The molecule has 62 valence electrons. The Morgan fingerprint density at radius 2 is 2.27 bits per heavy atom. The van der Waals surface area contributed by atoms with Crippen molar-refractivity contribution in [1.29, 1.82) is 5.41 Å². The number of ether oxygens (including phenoxy) is 1. The second-order valence-electron chi connectivity index (χ2n) is 2.07. The van der Waals surface area contributed by atoms with Crippen LogP contribution in [0, 0.1) is 5.41 Å². The van der Waals surface area contributed by atoms with Crippen LogP contribution in [0.4, 0.5) is 0 Å². The Balaban J connectivity index is 3.05. The van der Waals surface area contributed by atoms with Crippen molar-refractivity contribution in [2.24, 2.45) is 0 Å². The van der Waals surface area contributed by atoms with Crippen LogP contribution in [-0.4, -0.2) is 27.5 Å². The lowest BCUT2D eigenvalue weighted by atomic mass is 10.3. The number of methoxy groups -OCH3 is 1. The van der Waals surface area contributed by atoms with Crippen molar-refractivity contribution >= 4 is 15.7 Å². The Kier molecular flexibility index (Phi) is 1.83. The number of hydrogen-bond acceptors (Lipinski definition) is 4. The Labute approximate surface area is 64.6 Å². The summed E-state index contributed by atoms with van der Waals surface area (Å²) in [6, 6.07) is 0. The topological polar surface area (TPSA) is 79.2 Å². The molecule has 0 saturated carbocycles. The Morgan fingerprint density at radius 1 is 1.73 bits per heavy atom. The first-order valence-corrected chi connectivity index (χ1v) is 4.30. The molecule has 1 rings (SSSR count). The zero-order chi connectivity index (χ0) is 8.65. The van der Waals surface area contributed by atoms with E-state index in [2.05, 4.69) is 16.0 Å². The number of rotatable bonds is 1. The average molecular weight is 176 g/mol. The summed E-state index contributed by atoms with van der Waals surface area (Å²) in [6.07, 6.45) is -0.868. The largest absolute Gasteiger partial charge is 0.360 e. The van der Waals surface area contributed by atoms with Crippen LogP contribution in [0.15, 0.2) is 11.5 Å².